The van der Waals surface area contributed by atoms with Crippen molar-refractivity contribution in [1.29, 1.82) is 0 Å². The highest BCUT2D eigenvalue weighted by atomic mass is 16.2. The smallest absolute Gasteiger partial charge is 0.220 e. The molecule has 0 aromatic carbocycles. The maximum atomic E-state index is 11.4. The summed E-state index contributed by atoms with van der Waals surface area (Å²) in [5.41, 5.74) is 5.04. The first-order valence-corrected chi connectivity index (χ1v) is 5.33. The van der Waals surface area contributed by atoms with E-state index in [2.05, 4.69) is 20.8 Å². The molecule has 1 rings (SSSR count). The van der Waals surface area contributed by atoms with E-state index < -0.39 is 0 Å². The van der Waals surface area contributed by atoms with Gasteiger partial charge in [0.15, 0.2) is 0 Å². The number of tetrazole rings is 1. The minimum Gasteiger partial charge on any atom is -0.370 e. The molecule has 0 saturated heterocycles. The SMILES string of the molecule is C[C@H](CC(N)=O)CC(=O)NCCn1cnnn1. The topological polar surface area (TPSA) is 116 Å². The van der Waals surface area contributed by atoms with Crippen molar-refractivity contribution < 1.29 is 9.59 Å². The molecule has 3 N–H and O–H groups in total. The number of hydrogen-bond acceptors (Lipinski definition) is 5. The van der Waals surface area contributed by atoms with Crippen molar-refractivity contribution in [3.05, 3.63) is 6.33 Å². The van der Waals surface area contributed by atoms with Crippen LogP contribution in [0.5, 0.6) is 0 Å². The first-order valence-electron chi connectivity index (χ1n) is 5.33. The third kappa shape index (κ3) is 5.59. The number of primary amides is 1. The van der Waals surface area contributed by atoms with Crippen LogP contribution >= 0.6 is 0 Å². The van der Waals surface area contributed by atoms with Crippen LogP contribution in [0.25, 0.3) is 0 Å². The Morgan fingerprint density at radius 2 is 2.24 bits per heavy atom. The zero-order valence-electron chi connectivity index (χ0n) is 9.67. The van der Waals surface area contributed by atoms with Gasteiger partial charge in [0, 0.05) is 19.4 Å². The zero-order valence-corrected chi connectivity index (χ0v) is 9.67. The monoisotopic (exact) mass is 240 g/mol. The summed E-state index contributed by atoms with van der Waals surface area (Å²) >= 11 is 0. The highest BCUT2D eigenvalue weighted by Gasteiger charge is 2.11. The van der Waals surface area contributed by atoms with Gasteiger partial charge in [-0.1, -0.05) is 6.92 Å². The Balaban J connectivity index is 2.14. The predicted molar refractivity (Wildman–Crippen MR) is 58.4 cm³/mol. The van der Waals surface area contributed by atoms with Crippen LogP contribution in [0.3, 0.4) is 0 Å². The van der Waals surface area contributed by atoms with Crippen molar-refractivity contribution in [2.24, 2.45) is 11.7 Å². The van der Waals surface area contributed by atoms with Gasteiger partial charge in [-0.05, 0) is 16.3 Å². The fourth-order valence-electron chi connectivity index (χ4n) is 1.40. The summed E-state index contributed by atoms with van der Waals surface area (Å²) in [6.45, 7) is 2.78. The minimum atomic E-state index is -0.390. The largest absolute Gasteiger partial charge is 0.370 e. The summed E-state index contributed by atoms with van der Waals surface area (Å²) in [4.78, 5) is 22.1. The molecule has 0 radical (unpaired) electrons. The molecule has 0 aliphatic rings. The second-order valence-electron chi connectivity index (χ2n) is 3.90. The lowest BCUT2D eigenvalue weighted by Gasteiger charge is -2.09. The summed E-state index contributed by atoms with van der Waals surface area (Å²) in [5.74, 6) is -0.536. The van der Waals surface area contributed by atoms with E-state index in [0.29, 0.717) is 19.5 Å². The van der Waals surface area contributed by atoms with Crippen LogP contribution in [-0.4, -0.2) is 38.6 Å². The Labute approximate surface area is 98.5 Å². The summed E-state index contributed by atoms with van der Waals surface area (Å²) < 4.78 is 1.52. The highest BCUT2D eigenvalue weighted by Crippen LogP contribution is 2.05. The molecule has 0 bridgehead atoms. The van der Waals surface area contributed by atoms with Crippen molar-refractivity contribution in [2.45, 2.75) is 26.3 Å². The number of carbonyl (C=O) groups excluding carboxylic acids is 2. The number of aromatic nitrogens is 4. The molecule has 17 heavy (non-hydrogen) atoms. The molecule has 1 heterocycles. The molecule has 0 fully saturated rings. The van der Waals surface area contributed by atoms with Gasteiger partial charge in [0.1, 0.15) is 6.33 Å². The minimum absolute atomic E-state index is 0.0412. The molecule has 1 atom stereocenters. The van der Waals surface area contributed by atoms with Crippen molar-refractivity contribution in [1.82, 2.24) is 25.5 Å². The molecular weight excluding hydrogens is 224 g/mol. The predicted octanol–water partition coefficient (Wildman–Crippen LogP) is -1.31. The molecule has 0 saturated carbocycles. The maximum Gasteiger partial charge on any atom is 0.220 e. The second kappa shape index (κ2) is 6.56. The number of hydrogen-bond donors (Lipinski definition) is 2. The first-order chi connectivity index (χ1) is 8.08. The lowest BCUT2D eigenvalue weighted by atomic mass is 10.0. The Kier molecular flexibility index (Phi) is 5.05. The van der Waals surface area contributed by atoms with Crippen LogP contribution in [-0.2, 0) is 16.1 Å². The van der Waals surface area contributed by atoms with Crippen LogP contribution < -0.4 is 11.1 Å². The first kappa shape index (κ1) is 13.1. The standard InChI is InChI=1S/C9H16N6O2/c1-7(4-8(10)16)5-9(17)11-2-3-15-6-12-13-14-15/h6-7H,2-5H2,1H3,(H2,10,16)(H,11,17)/t7-/m1/s1. The second-order valence-corrected chi connectivity index (χ2v) is 3.90. The Morgan fingerprint density at radius 1 is 1.47 bits per heavy atom. The molecular formula is C9H16N6O2. The van der Waals surface area contributed by atoms with E-state index in [1.54, 1.807) is 0 Å². The number of carbonyl (C=O) groups is 2. The Hall–Kier alpha value is -1.99. The average Bonchev–Trinajstić information content (AvgIpc) is 2.68. The van der Waals surface area contributed by atoms with Gasteiger partial charge in [0.25, 0.3) is 0 Å². The Morgan fingerprint density at radius 3 is 2.82 bits per heavy atom. The Bertz CT molecular complexity index is 364. The van der Waals surface area contributed by atoms with Gasteiger partial charge in [-0.15, -0.1) is 5.10 Å². The molecule has 1 aromatic heterocycles. The van der Waals surface area contributed by atoms with E-state index in [1.165, 1.54) is 11.0 Å². The highest BCUT2D eigenvalue weighted by molar-refractivity contribution is 5.78. The van der Waals surface area contributed by atoms with Gasteiger partial charge in [-0.2, -0.15) is 0 Å². The fourth-order valence-corrected chi connectivity index (χ4v) is 1.40. The fraction of sp³-hybridized carbons (Fsp3) is 0.667. The normalized spacial score (nSPS) is 12.1. The quantitative estimate of drug-likeness (QED) is 0.614. The van der Waals surface area contributed by atoms with Gasteiger partial charge in [0.2, 0.25) is 11.8 Å². The zero-order chi connectivity index (χ0) is 12.7. The molecule has 0 unspecified atom stereocenters. The molecule has 8 nitrogen and oxygen atoms in total. The number of rotatable bonds is 7. The third-order valence-electron chi connectivity index (χ3n) is 2.14. The summed E-state index contributed by atoms with van der Waals surface area (Å²) in [5, 5.41) is 13.3. The van der Waals surface area contributed by atoms with Crippen LogP contribution in [0.15, 0.2) is 6.33 Å². The molecule has 94 valence electrons. The van der Waals surface area contributed by atoms with E-state index in [0.717, 1.165) is 0 Å². The summed E-state index contributed by atoms with van der Waals surface area (Å²) in [6.07, 6.45) is 1.99. The summed E-state index contributed by atoms with van der Waals surface area (Å²) in [7, 11) is 0. The van der Waals surface area contributed by atoms with Crippen molar-refractivity contribution >= 4 is 11.8 Å². The van der Waals surface area contributed by atoms with E-state index in [1.807, 2.05) is 6.92 Å². The van der Waals surface area contributed by atoms with E-state index >= 15 is 0 Å². The number of nitrogens with zero attached hydrogens (tertiary/aromatic N) is 4. The van der Waals surface area contributed by atoms with Gasteiger partial charge in [-0.3, -0.25) is 9.59 Å². The lowest BCUT2D eigenvalue weighted by Crippen LogP contribution is -2.29. The van der Waals surface area contributed by atoms with Gasteiger partial charge in [-0.25, -0.2) is 4.68 Å². The molecule has 0 aliphatic heterocycles. The van der Waals surface area contributed by atoms with Gasteiger partial charge in [0.05, 0.1) is 6.54 Å². The molecule has 0 spiro atoms. The third-order valence-corrected chi connectivity index (χ3v) is 2.14. The van der Waals surface area contributed by atoms with Crippen molar-refractivity contribution in [3.63, 3.8) is 0 Å². The maximum absolute atomic E-state index is 11.4. The van der Waals surface area contributed by atoms with Crippen molar-refractivity contribution in [3.8, 4) is 0 Å². The molecule has 0 aliphatic carbocycles. The van der Waals surface area contributed by atoms with E-state index in [9.17, 15) is 9.59 Å². The van der Waals surface area contributed by atoms with E-state index in [-0.39, 0.29) is 24.2 Å². The van der Waals surface area contributed by atoms with Crippen LogP contribution in [0, 0.1) is 5.92 Å². The van der Waals surface area contributed by atoms with Crippen LogP contribution in [0.2, 0.25) is 0 Å². The van der Waals surface area contributed by atoms with Gasteiger partial charge >= 0.3 is 0 Å². The van der Waals surface area contributed by atoms with E-state index in [4.69, 9.17) is 5.73 Å². The molecule has 2 amide bonds. The van der Waals surface area contributed by atoms with Gasteiger partial charge < -0.3 is 11.1 Å². The van der Waals surface area contributed by atoms with Crippen LogP contribution in [0.4, 0.5) is 0 Å². The average molecular weight is 240 g/mol. The lowest BCUT2D eigenvalue weighted by molar-refractivity contribution is -0.122. The summed E-state index contributed by atoms with van der Waals surface area (Å²) in [6, 6.07) is 0. The molecule has 8 heteroatoms. The number of amides is 2. The van der Waals surface area contributed by atoms with Crippen molar-refractivity contribution in [2.75, 3.05) is 6.54 Å². The number of nitrogens with two attached hydrogens (primary N) is 1. The molecule has 1 aromatic rings. The van der Waals surface area contributed by atoms with Crippen LogP contribution in [0.1, 0.15) is 19.8 Å². The number of nitrogens with one attached hydrogen (secondary N) is 1.